The Balaban J connectivity index is 1.60. The molecule has 0 bridgehead atoms. The van der Waals surface area contributed by atoms with E-state index >= 15 is 0 Å². The fourth-order valence-corrected chi connectivity index (χ4v) is 8.98. The minimum atomic E-state index is -0.0504. The summed E-state index contributed by atoms with van der Waals surface area (Å²) in [6.45, 7) is 10.4. The Hall–Kier alpha value is -1.25. The summed E-state index contributed by atoms with van der Waals surface area (Å²) >= 11 is 0. The summed E-state index contributed by atoms with van der Waals surface area (Å²) in [7, 11) is 1.52. The van der Waals surface area contributed by atoms with E-state index in [1.165, 1.54) is 64.0 Å². The van der Waals surface area contributed by atoms with Gasteiger partial charge < -0.3 is 9.15 Å². The molecule has 0 spiro atoms. The van der Waals surface area contributed by atoms with Crippen molar-refractivity contribution in [3.8, 4) is 0 Å². The number of hydrogen-bond donors (Lipinski definition) is 0. The van der Waals surface area contributed by atoms with Gasteiger partial charge in [-0.3, -0.25) is 4.79 Å². The van der Waals surface area contributed by atoms with Gasteiger partial charge >= 0.3 is 5.97 Å². The summed E-state index contributed by atoms with van der Waals surface area (Å²) in [5.74, 6) is 2.92. The monoisotopic (exact) mass is 428 g/mol. The maximum atomic E-state index is 11.9. The zero-order chi connectivity index (χ0) is 22.3. The quantitative estimate of drug-likeness (QED) is 0.442. The molecular weight excluding hydrogens is 384 g/mol. The largest absolute Gasteiger partial charge is 0.472 e. The number of furan rings is 1. The zero-order valence-corrected chi connectivity index (χ0v) is 20.5. The predicted octanol–water partition coefficient (Wildman–Crippen LogP) is 7.44. The van der Waals surface area contributed by atoms with Gasteiger partial charge in [0.25, 0.3) is 0 Å². The van der Waals surface area contributed by atoms with E-state index in [4.69, 9.17) is 9.15 Å². The van der Waals surface area contributed by atoms with Crippen LogP contribution in [0.15, 0.2) is 23.0 Å². The molecule has 6 atom stereocenters. The summed E-state index contributed by atoms with van der Waals surface area (Å²) in [5.41, 5.74) is 2.64. The van der Waals surface area contributed by atoms with Crippen LogP contribution in [0.1, 0.15) is 97.5 Å². The predicted molar refractivity (Wildman–Crippen MR) is 125 cm³/mol. The Morgan fingerprint density at radius 3 is 2.55 bits per heavy atom. The van der Waals surface area contributed by atoms with Crippen LogP contribution < -0.4 is 0 Å². The third-order valence-electron chi connectivity index (χ3n) is 10.4. The molecule has 0 radical (unpaired) electrons. The molecule has 4 rings (SSSR count). The number of ether oxygens (including phenoxy) is 1. The number of hydrogen-bond acceptors (Lipinski definition) is 3. The van der Waals surface area contributed by atoms with E-state index in [0.29, 0.717) is 34.5 Å². The van der Waals surface area contributed by atoms with Gasteiger partial charge in [-0.05, 0) is 109 Å². The topological polar surface area (TPSA) is 39.4 Å². The molecule has 3 nitrogen and oxygen atoms in total. The van der Waals surface area contributed by atoms with Gasteiger partial charge in [0.2, 0.25) is 0 Å². The standard InChI is InChI=1S/C28H44O3/c1-26(2)15-6-16-28(4)23(26)13-17-27(3)22(10-7-20-14-18-31-19-20)21(8-11-24(27)28)9-12-25(29)30-5/h14,18-19,21-24H,6-13,15-17H2,1-5H3/t21-,22-,23-,24-,27+,28-/m0/s1. The zero-order valence-electron chi connectivity index (χ0n) is 20.5. The summed E-state index contributed by atoms with van der Waals surface area (Å²) in [4.78, 5) is 11.9. The molecule has 174 valence electrons. The van der Waals surface area contributed by atoms with Crippen LogP contribution in [0.4, 0.5) is 0 Å². The molecule has 3 heteroatoms. The van der Waals surface area contributed by atoms with Gasteiger partial charge in [-0.15, -0.1) is 0 Å². The van der Waals surface area contributed by atoms with Crippen LogP contribution >= 0.6 is 0 Å². The fraction of sp³-hybridized carbons (Fsp3) is 0.821. The molecule has 0 amide bonds. The van der Waals surface area contributed by atoms with Crippen LogP contribution in [-0.4, -0.2) is 13.1 Å². The highest BCUT2D eigenvalue weighted by Crippen LogP contribution is 2.69. The maximum Gasteiger partial charge on any atom is 0.305 e. The molecule has 1 aromatic heterocycles. The number of carbonyl (C=O) groups excluding carboxylic acids is 1. The van der Waals surface area contributed by atoms with E-state index in [9.17, 15) is 4.79 Å². The third kappa shape index (κ3) is 4.11. The third-order valence-corrected chi connectivity index (χ3v) is 10.4. The van der Waals surface area contributed by atoms with Crippen LogP contribution in [0, 0.1) is 39.9 Å². The fourth-order valence-electron chi connectivity index (χ4n) is 8.98. The highest BCUT2D eigenvalue weighted by atomic mass is 16.5. The van der Waals surface area contributed by atoms with Crippen molar-refractivity contribution < 1.29 is 13.9 Å². The Morgan fingerprint density at radius 1 is 1.03 bits per heavy atom. The van der Waals surface area contributed by atoms with E-state index in [-0.39, 0.29) is 5.97 Å². The molecule has 31 heavy (non-hydrogen) atoms. The molecule has 0 N–H and O–H groups in total. The second kappa shape index (κ2) is 8.60. The second-order valence-electron chi connectivity index (χ2n) is 12.2. The Labute approximate surface area is 189 Å². The molecule has 3 aliphatic carbocycles. The Bertz CT molecular complexity index is 750. The molecule has 1 aromatic rings. The highest BCUT2D eigenvalue weighted by Gasteiger charge is 2.61. The minimum absolute atomic E-state index is 0.0504. The maximum absolute atomic E-state index is 11.9. The number of carbonyl (C=O) groups is 1. The van der Waals surface area contributed by atoms with E-state index in [2.05, 4.69) is 33.8 Å². The van der Waals surface area contributed by atoms with Crippen molar-refractivity contribution in [3.63, 3.8) is 0 Å². The van der Waals surface area contributed by atoms with Crippen LogP contribution in [0.25, 0.3) is 0 Å². The van der Waals surface area contributed by atoms with Crippen molar-refractivity contribution >= 4 is 5.97 Å². The van der Waals surface area contributed by atoms with Crippen LogP contribution in [0.3, 0.4) is 0 Å². The first-order chi connectivity index (χ1) is 14.7. The average molecular weight is 429 g/mol. The molecule has 0 aromatic carbocycles. The van der Waals surface area contributed by atoms with E-state index in [1.807, 2.05) is 6.26 Å². The second-order valence-corrected chi connectivity index (χ2v) is 12.2. The molecular formula is C28H44O3. The first-order valence-electron chi connectivity index (χ1n) is 12.8. The molecule has 0 aliphatic heterocycles. The number of esters is 1. The Morgan fingerprint density at radius 2 is 1.84 bits per heavy atom. The summed E-state index contributed by atoms with van der Waals surface area (Å²) in [6.07, 6.45) is 17.1. The van der Waals surface area contributed by atoms with Gasteiger partial charge in [0.1, 0.15) is 0 Å². The lowest BCUT2D eigenvalue weighted by Crippen LogP contribution is -2.59. The minimum Gasteiger partial charge on any atom is -0.472 e. The van der Waals surface area contributed by atoms with Gasteiger partial charge in [0, 0.05) is 6.42 Å². The first-order valence-corrected chi connectivity index (χ1v) is 12.8. The number of aryl methyl sites for hydroxylation is 1. The lowest BCUT2D eigenvalue weighted by molar-refractivity contribution is -0.177. The SMILES string of the molecule is COC(=O)CC[C@@H]1CC[C@H]2[C@](C)(CC[C@H]3C(C)(C)CCC[C@]23C)[C@H]1CCc1ccoc1. The molecule has 3 aliphatic rings. The van der Waals surface area contributed by atoms with Crippen LogP contribution in [0.2, 0.25) is 0 Å². The van der Waals surface area contributed by atoms with Gasteiger partial charge in [0.05, 0.1) is 19.6 Å². The molecule has 3 saturated carbocycles. The number of rotatable bonds is 6. The lowest BCUT2D eigenvalue weighted by atomic mass is 9.38. The summed E-state index contributed by atoms with van der Waals surface area (Å²) < 4.78 is 10.3. The molecule has 0 unspecified atom stereocenters. The molecule has 3 fully saturated rings. The normalized spacial score (nSPS) is 39.4. The van der Waals surface area contributed by atoms with Gasteiger partial charge in [-0.25, -0.2) is 0 Å². The van der Waals surface area contributed by atoms with Crippen LogP contribution in [0.5, 0.6) is 0 Å². The van der Waals surface area contributed by atoms with E-state index in [1.54, 1.807) is 6.26 Å². The van der Waals surface area contributed by atoms with Crippen LogP contribution in [-0.2, 0) is 16.0 Å². The van der Waals surface area contributed by atoms with Crippen molar-refractivity contribution in [2.75, 3.05) is 7.11 Å². The average Bonchev–Trinajstić information content (AvgIpc) is 3.23. The van der Waals surface area contributed by atoms with Gasteiger partial charge in [-0.2, -0.15) is 0 Å². The molecule has 0 saturated heterocycles. The van der Waals surface area contributed by atoms with Gasteiger partial charge in [0.15, 0.2) is 0 Å². The smallest absolute Gasteiger partial charge is 0.305 e. The number of methoxy groups -OCH3 is 1. The van der Waals surface area contributed by atoms with Gasteiger partial charge in [-0.1, -0.05) is 34.1 Å². The van der Waals surface area contributed by atoms with Crippen molar-refractivity contribution in [1.82, 2.24) is 0 Å². The van der Waals surface area contributed by atoms with Crippen molar-refractivity contribution in [2.24, 2.45) is 39.9 Å². The van der Waals surface area contributed by atoms with E-state index < -0.39 is 0 Å². The summed E-state index contributed by atoms with van der Waals surface area (Å²) in [6, 6.07) is 2.12. The first kappa shape index (κ1) is 22.9. The Kier molecular flexibility index (Phi) is 6.36. The lowest BCUT2D eigenvalue weighted by Gasteiger charge is -2.67. The summed E-state index contributed by atoms with van der Waals surface area (Å²) in [5, 5.41) is 0. The van der Waals surface area contributed by atoms with Crippen molar-refractivity contribution in [2.45, 2.75) is 98.3 Å². The van der Waals surface area contributed by atoms with E-state index in [0.717, 1.165) is 24.7 Å². The molecule has 1 heterocycles. The highest BCUT2D eigenvalue weighted by molar-refractivity contribution is 5.69. The van der Waals surface area contributed by atoms with Crippen molar-refractivity contribution in [1.29, 1.82) is 0 Å². The van der Waals surface area contributed by atoms with Crippen molar-refractivity contribution in [3.05, 3.63) is 24.2 Å². The number of fused-ring (bicyclic) bond motifs is 3.